The van der Waals surface area contributed by atoms with E-state index in [1.165, 1.54) is 16.3 Å². The zero-order valence-electron chi connectivity index (χ0n) is 14.1. The molecule has 1 atom stereocenters. The fourth-order valence-electron chi connectivity index (χ4n) is 2.85. The summed E-state index contributed by atoms with van der Waals surface area (Å²) < 4.78 is 0. The van der Waals surface area contributed by atoms with Gasteiger partial charge in [0.1, 0.15) is 5.69 Å². The Kier molecular flexibility index (Phi) is 9.30. The van der Waals surface area contributed by atoms with Crippen LogP contribution in [0.15, 0.2) is 10.8 Å². The zero-order valence-corrected chi connectivity index (χ0v) is 17.4. The number of halogens is 2. The van der Waals surface area contributed by atoms with Gasteiger partial charge in [-0.3, -0.25) is 4.79 Å². The lowest BCUT2D eigenvalue weighted by molar-refractivity contribution is 0.0701. The van der Waals surface area contributed by atoms with Crippen molar-refractivity contribution < 1.29 is 4.79 Å². The van der Waals surface area contributed by atoms with Gasteiger partial charge in [0.25, 0.3) is 5.91 Å². The smallest absolute Gasteiger partial charge is 0.273 e. The number of hydrogen-bond acceptors (Lipinski definition) is 6. The third kappa shape index (κ3) is 5.37. The lowest BCUT2D eigenvalue weighted by Crippen LogP contribution is -2.39. The van der Waals surface area contributed by atoms with Crippen LogP contribution in [0.3, 0.4) is 0 Å². The first-order chi connectivity index (χ1) is 11.2. The summed E-state index contributed by atoms with van der Waals surface area (Å²) >= 11 is 3.25. The van der Waals surface area contributed by atoms with Crippen LogP contribution in [0.25, 0.3) is 0 Å². The average molecular weight is 423 g/mol. The molecule has 0 spiro atoms. The van der Waals surface area contributed by atoms with Crippen LogP contribution in [0.5, 0.6) is 0 Å². The third-order valence-corrected chi connectivity index (χ3v) is 6.08. The highest BCUT2D eigenvalue weighted by molar-refractivity contribution is 7.10. The number of carbonyl (C=O) groups excluding carboxylic acids is 1. The van der Waals surface area contributed by atoms with Crippen molar-refractivity contribution in [3.8, 4) is 0 Å². The van der Waals surface area contributed by atoms with Crippen LogP contribution in [-0.2, 0) is 12.8 Å². The summed E-state index contributed by atoms with van der Waals surface area (Å²) in [5, 5.41) is 6.10. The Morgan fingerprint density at radius 1 is 1.32 bits per heavy atom. The molecule has 0 aromatic carbocycles. The van der Waals surface area contributed by atoms with Crippen molar-refractivity contribution >= 4 is 53.4 Å². The molecule has 1 fully saturated rings. The molecule has 2 aromatic rings. The van der Waals surface area contributed by atoms with Gasteiger partial charge in [-0.15, -0.1) is 47.5 Å². The van der Waals surface area contributed by atoms with Gasteiger partial charge >= 0.3 is 0 Å². The molecule has 1 saturated heterocycles. The van der Waals surface area contributed by atoms with E-state index in [0.29, 0.717) is 18.2 Å². The summed E-state index contributed by atoms with van der Waals surface area (Å²) in [5.74, 6) is 0.404. The molecule has 140 valence electrons. The molecular weight excluding hydrogens is 399 g/mol. The van der Waals surface area contributed by atoms with Gasteiger partial charge in [0.15, 0.2) is 0 Å². The minimum atomic E-state index is 0. The Labute approximate surface area is 168 Å². The summed E-state index contributed by atoms with van der Waals surface area (Å²) in [6, 6.07) is 0. The maximum Gasteiger partial charge on any atom is 0.273 e. The highest BCUT2D eigenvalue weighted by Gasteiger charge is 2.28. The quantitative estimate of drug-likeness (QED) is 0.799. The van der Waals surface area contributed by atoms with Gasteiger partial charge in [-0.05, 0) is 25.8 Å². The minimum absolute atomic E-state index is 0. The topological polar surface area (TPSA) is 72.1 Å². The van der Waals surface area contributed by atoms with E-state index in [1.54, 1.807) is 11.3 Å². The molecule has 3 heterocycles. The Bertz CT molecular complexity index is 677. The zero-order chi connectivity index (χ0) is 16.2. The summed E-state index contributed by atoms with van der Waals surface area (Å²) in [6.07, 6.45) is 3.83. The van der Waals surface area contributed by atoms with Crippen LogP contribution in [0.4, 0.5) is 0 Å². The fourth-order valence-corrected chi connectivity index (χ4v) is 4.66. The van der Waals surface area contributed by atoms with Crippen molar-refractivity contribution in [1.29, 1.82) is 0 Å². The van der Waals surface area contributed by atoms with Crippen LogP contribution < -0.4 is 5.73 Å². The number of nitrogens with two attached hydrogens (primary N) is 1. The van der Waals surface area contributed by atoms with Gasteiger partial charge in [0, 0.05) is 36.2 Å². The summed E-state index contributed by atoms with van der Waals surface area (Å²) in [4.78, 5) is 23.7. The Hall–Kier alpha value is -0.730. The van der Waals surface area contributed by atoms with Gasteiger partial charge in [0.2, 0.25) is 0 Å². The number of carbonyl (C=O) groups is 1. The van der Waals surface area contributed by atoms with Crippen LogP contribution in [0, 0.1) is 0 Å². The van der Waals surface area contributed by atoms with Crippen LogP contribution in [-0.4, -0.2) is 40.4 Å². The summed E-state index contributed by atoms with van der Waals surface area (Å²) in [6.45, 7) is 4.25. The fraction of sp³-hybridized carbons (Fsp3) is 0.562. The van der Waals surface area contributed by atoms with Crippen molar-refractivity contribution in [1.82, 2.24) is 14.9 Å². The van der Waals surface area contributed by atoms with Crippen molar-refractivity contribution in [2.75, 3.05) is 19.6 Å². The van der Waals surface area contributed by atoms with Crippen molar-refractivity contribution in [2.45, 2.75) is 38.5 Å². The van der Waals surface area contributed by atoms with Gasteiger partial charge < -0.3 is 10.6 Å². The van der Waals surface area contributed by atoms with Crippen molar-refractivity contribution in [3.63, 3.8) is 0 Å². The predicted molar refractivity (Wildman–Crippen MR) is 109 cm³/mol. The maximum absolute atomic E-state index is 12.7. The second kappa shape index (κ2) is 10.4. The van der Waals surface area contributed by atoms with Crippen molar-refractivity contribution in [3.05, 3.63) is 32.2 Å². The molecule has 2 N–H and O–H groups in total. The molecule has 1 aliphatic rings. The SMILES string of the molecule is CCc1csc(C2CCCN(C(=O)c3csc(CCN)n3)C2)n1.Cl.Cl. The molecule has 25 heavy (non-hydrogen) atoms. The monoisotopic (exact) mass is 422 g/mol. The van der Waals surface area contributed by atoms with E-state index < -0.39 is 0 Å². The van der Waals surface area contributed by atoms with E-state index >= 15 is 0 Å². The maximum atomic E-state index is 12.7. The average Bonchev–Trinajstić information content (AvgIpc) is 3.24. The second-order valence-corrected chi connectivity index (χ2v) is 7.62. The third-order valence-electron chi connectivity index (χ3n) is 4.12. The molecule has 2 aromatic heterocycles. The first kappa shape index (κ1) is 22.3. The van der Waals surface area contributed by atoms with E-state index in [0.717, 1.165) is 49.5 Å². The lowest BCUT2D eigenvalue weighted by Gasteiger charge is -2.31. The first-order valence-electron chi connectivity index (χ1n) is 8.09. The number of aryl methyl sites for hydroxylation is 1. The number of aromatic nitrogens is 2. The number of rotatable bonds is 5. The van der Waals surface area contributed by atoms with Gasteiger partial charge in [-0.1, -0.05) is 6.92 Å². The standard InChI is InChI=1S/C16H22N4OS2.2ClH/c1-2-12-9-23-15(18-12)11-4-3-7-20(8-11)16(21)13-10-22-14(19-13)5-6-17;;/h9-11H,2-8,17H2,1H3;2*1H. The molecule has 3 rings (SSSR count). The van der Waals surface area contributed by atoms with Crippen LogP contribution in [0.1, 0.15) is 51.9 Å². The lowest BCUT2D eigenvalue weighted by atomic mass is 9.98. The molecule has 0 radical (unpaired) electrons. The molecular formula is C16H24Cl2N4OS2. The molecule has 1 amide bonds. The van der Waals surface area contributed by atoms with E-state index in [2.05, 4.69) is 17.3 Å². The normalized spacial score (nSPS) is 16.9. The molecule has 0 saturated carbocycles. The number of thiazole rings is 2. The molecule has 1 unspecified atom stereocenters. The summed E-state index contributed by atoms with van der Waals surface area (Å²) in [5.41, 5.74) is 7.26. The van der Waals surface area contributed by atoms with Crippen LogP contribution in [0.2, 0.25) is 0 Å². The van der Waals surface area contributed by atoms with E-state index in [1.807, 2.05) is 10.3 Å². The molecule has 1 aliphatic heterocycles. The Balaban J connectivity index is 0.00000156. The molecule has 5 nitrogen and oxygen atoms in total. The Morgan fingerprint density at radius 3 is 2.80 bits per heavy atom. The van der Waals surface area contributed by atoms with E-state index in [9.17, 15) is 4.79 Å². The highest BCUT2D eigenvalue weighted by atomic mass is 35.5. The number of piperidine rings is 1. The van der Waals surface area contributed by atoms with Crippen molar-refractivity contribution in [2.24, 2.45) is 5.73 Å². The van der Waals surface area contributed by atoms with Gasteiger partial charge in [0.05, 0.1) is 15.7 Å². The largest absolute Gasteiger partial charge is 0.337 e. The number of amides is 1. The second-order valence-electron chi connectivity index (χ2n) is 5.79. The minimum Gasteiger partial charge on any atom is -0.337 e. The molecule has 9 heteroatoms. The van der Waals surface area contributed by atoms with E-state index in [4.69, 9.17) is 10.7 Å². The first-order valence-corrected chi connectivity index (χ1v) is 9.85. The number of likely N-dealkylation sites (tertiary alicyclic amines) is 1. The molecule has 0 aliphatic carbocycles. The van der Waals surface area contributed by atoms with Crippen LogP contribution >= 0.6 is 47.5 Å². The summed E-state index contributed by atoms with van der Waals surface area (Å²) in [7, 11) is 0. The number of nitrogens with zero attached hydrogens (tertiary/aromatic N) is 3. The Morgan fingerprint density at radius 2 is 2.12 bits per heavy atom. The molecule has 0 bridgehead atoms. The highest BCUT2D eigenvalue weighted by Crippen LogP contribution is 2.30. The predicted octanol–water partition coefficient (Wildman–Crippen LogP) is 3.53. The van der Waals surface area contributed by atoms with E-state index in [-0.39, 0.29) is 30.7 Å². The van der Waals surface area contributed by atoms with Gasteiger partial charge in [-0.2, -0.15) is 0 Å². The van der Waals surface area contributed by atoms with Gasteiger partial charge in [-0.25, -0.2) is 9.97 Å². The number of hydrogen-bond donors (Lipinski definition) is 1.